The number of benzene rings is 2. The third-order valence-electron chi connectivity index (χ3n) is 4.41. The van der Waals surface area contributed by atoms with Gasteiger partial charge in [0.2, 0.25) is 0 Å². The van der Waals surface area contributed by atoms with Crippen molar-refractivity contribution in [1.82, 2.24) is 10.3 Å². The van der Waals surface area contributed by atoms with Gasteiger partial charge in [-0.2, -0.15) is 0 Å². The highest BCUT2D eigenvalue weighted by Crippen LogP contribution is 2.28. The van der Waals surface area contributed by atoms with Gasteiger partial charge in [0.15, 0.2) is 11.5 Å². The number of aromatic nitrogens is 1. The number of para-hydroxylation sites is 1. The van der Waals surface area contributed by atoms with Gasteiger partial charge in [0.1, 0.15) is 0 Å². The maximum atomic E-state index is 12.5. The molecule has 27 heavy (non-hydrogen) atoms. The topological polar surface area (TPSA) is 80.4 Å². The van der Waals surface area contributed by atoms with Gasteiger partial charge in [0.05, 0.1) is 19.8 Å². The van der Waals surface area contributed by atoms with Crippen molar-refractivity contribution in [3.63, 3.8) is 0 Å². The van der Waals surface area contributed by atoms with Crippen LogP contribution < -0.4 is 14.8 Å². The molecular formula is C21H22N2O4. The molecule has 0 aliphatic heterocycles. The summed E-state index contributed by atoms with van der Waals surface area (Å²) in [5, 5.41) is 3.51. The van der Waals surface area contributed by atoms with Gasteiger partial charge in [0.25, 0.3) is 11.7 Å². The molecule has 1 atom stereocenters. The van der Waals surface area contributed by atoms with Crippen molar-refractivity contribution in [3.8, 4) is 11.5 Å². The lowest BCUT2D eigenvalue weighted by molar-refractivity contribution is -0.117. The number of amides is 1. The van der Waals surface area contributed by atoms with E-state index in [4.69, 9.17) is 9.47 Å². The summed E-state index contributed by atoms with van der Waals surface area (Å²) < 4.78 is 10.5. The normalized spacial score (nSPS) is 11.8. The molecule has 0 aliphatic rings. The van der Waals surface area contributed by atoms with Crippen LogP contribution in [-0.2, 0) is 11.2 Å². The Morgan fingerprint density at radius 1 is 1.07 bits per heavy atom. The van der Waals surface area contributed by atoms with E-state index in [0.29, 0.717) is 23.5 Å². The van der Waals surface area contributed by atoms with E-state index in [0.717, 1.165) is 16.5 Å². The van der Waals surface area contributed by atoms with E-state index in [2.05, 4.69) is 10.3 Å². The number of Topliss-reactive ketones (excluding diaryl/α,β-unsaturated/α-hetero) is 1. The molecular weight excluding hydrogens is 344 g/mol. The fourth-order valence-corrected chi connectivity index (χ4v) is 3.08. The summed E-state index contributed by atoms with van der Waals surface area (Å²) >= 11 is 0. The van der Waals surface area contributed by atoms with E-state index in [1.165, 1.54) is 0 Å². The average molecular weight is 366 g/mol. The molecule has 1 amide bonds. The van der Waals surface area contributed by atoms with Gasteiger partial charge in [-0.25, -0.2) is 0 Å². The first-order valence-corrected chi connectivity index (χ1v) is 8.65. The SMILES string of the molecule is COc1ccc(C[C@@H](C)NC(=O)C(=O)c2c[nH]c3ccccc23)cc1OC. The molecule has 140 valence electrons. The molecule has 6 nitrogen and oxygen atoms in total. The standard InChI is InChI=1S/C21H22N2O4/c1-13(10-14-8-9-18(26-2)19(11-14)27-3)23-21(25)20(24)16-12-22-17-7-5-4-6-15(16)17/h4-9,11-13,22H,10H2,1-3H3,(H,23,25)/t13-/m1/s1. The first-order valence-electron chi connectivity index (χ1n) is 8.65. The summed E-state index contributed by atoms with van der Waals surface area (Å²) in [5.41, 5.74) is 2.17. The third-order valence-corrected chi connectivity index (χ3v) is 4.41. The van der Waals surface area contributed by atoms with Crippen molar-refractivity contribution < 1.29 is 19.1 Å². The van der Waals surface area contributed by atoms with Gasteiger partial charge in [-0.05, 0) is 37.1 Å². The quantitative estimate of drug-likeness (QED) is 0.497. The highest BCUT2D eigenvalue weighted by molar-refractivity contribution is 6.45. The Hall–Kier alpha value is -3.28. The van der Waals surface area contributed by atoms with Crippen LogP contribution >= 0.6 is 0 Å². The number of ether oxygens (including phenoxy) is 2. The zero-order valence-corrected chi connectivity index (χ0v) is 15.5. The molecule has 0 saturated heterocycles. The van der Waals surface area contributed by atoms with Gasteiger partial charge < -0.3 is 19.8 Å². The molecule has 0 spiro atoms. The average Bonchev–Trinajstić information content (AvgIpc) is 3.11. The fraction of sp³-hybridized carbons (Fsp3) is 0.238. The lowest BCUT2D eigenvalue weighted by Gasteiger charge is -2.15. The number of rotatable bonds is 7. The maximum absolute atomic E-state index is 12.5. The number of ketones is 1. The molecule has 1 heterocycles. The lowest BCUT2D eigenvalue weighted by Crippen LogP contribution is -2.38. The molecule has 6 heteroatoms. The van der Waals surface area contributed by atoms with Crippen molar-refractivity contribution in [3.05, 3.63) is 59.8 Å². The maximum Gasteiger partial charge on any atom is 0.292 e. The van der Waals surface area contributed by atoms with Crippen molar-refractivity contribution in [2.24, 2.45) is 0 Å². The first kappa shape index (κ1) is 18.5. The molecule has 0 aliphatic carbocycles. The van der Waals surface area contributed by atoms with E-state index < -0.39 is 11.7 Å². The predicted octanol–water partition coefficient (Wildman–Crippen LogP) is 3.12. The van der Waals surface area contributed by atoms with Crippen LogP contribution in [0.25, 0.3) is 10.9 Å². The number of methoxy groups -OCH3 is 2. The predicted molar refractivity (Wildman–Crippen MR) is 103 cm³/mol. The minimum Gasteiger partial charge on any atom is -0.493 e. The summed E-state index contributed by atoms with van der Waals surface area (Å²) in [6.07, 6.45) is 2.14. The number of carbonyl (C=O) groups is 2. The lowest BCUT2D eigenvalue weighted by atomic mass is 10.1. The minimum absolute atomic E-state index is 0.218. The smallest absolute Gasteiger partial charge is 0.292 e. The van der Waals surface area contributed by atoms with Crippen LogP contribution in [0.2, 0.25) is 0 Å². The Morgan fingerprint density at radius 3 is 2.56 bits per heavy atom. The molecule has 2 N–H and O–H groups in total. The van der Waals surface area contributed by atoms with Gasteiger partial charge in [-0.3, -0.25) is 9.59 Å². The number of carbonyl (C=O) groups excluding carboxylic acids is 2. The molecule has 3 rings (SSSR count). The summed E-state index contributed by atoms with van der Waals surface area (Å²) in [7, 11) is 3.16. The second kappa shape index (κ2) is 7.95. The zero-order valence-electron chi connectivity index (χ0n) is 15.5. The van der Waals surface area contributed by atoms with E-state index >= 15 is 0 Å². The number of H-pyrrole nitrogens is 1. The van der Waals surface area contributed by atoms with Gasteiger partial charge in [-0.1, -0.05) is 24.3 Å². The monoisotopic (exact) mass is 366 g/mol. The Bertz CT molecular complexity index is 977. The Labute approximate surface area is 157 Å². The molecule has 0 saturated carbocycles. The molecule has 3 aromatic rings. The number of aromatic amines is 1. The van der Waals surface area contributed by atoms with E-state index in [1.807, 2.05) is 49.4 Å². The van der Waals surface area contributed by atoms with E-state index in [-0.39, 0.29) is 6.04 Å². The van der Waals surface area contributed by atoms with E-state index in [9.17, 15) is 9.59 Å². The Morgan fingerprint density at radius 2 is 1.81 bits per heavy atom. The van der Waals surface area contributed by atoms with Crippen LogP contribution in [-0.4, -0.2) is 36.9 Å². The van der Waals surface area contributed by atoms with Crippen LogP contribution in [0, 0.1) is 0 Å². The molecule has 2 aromatic carbocycles. The van der Waals surface area contributed by atoms with Gasteiger partial charge in [0, 0.05) is 23.1 Å². The van der Waals surface area contributed by atoms with Crippen LogP contribution in [0.1, 0.15) is 22.8 Å². The van der Waals surface area contributed by atoms with Crippen molar-refractivity contribution in [2.75, 3.05) is 14.2 Å². The van der Waals surface area contributed by atoms with E-state index in [1.54, 1.807) is 20.4 Å². The Balaban J connectivity index is 1.68. The molecule has 0 radical (unpaired) electrons. The summed E-state index contributed by atoms with van der Waals surface area (Å²) in [6.45, 7) is 1.86. The van der Waals surface area contributed by atoms with Crippen molar-refractivity contribution in [2.45, 2.75) is 19.4 Å². The number of hydrogen-bond acceptors (Lipinski definition) is 4. The van der Waals surface area contributed by atoms with Crippen molar-refractivity contribution >= 4 is 22.6 Å². The Kier molecular flexibility index (Phi) is 5.45. The van der Waals surface area contributed by atoms with Crippen LogP contribution in [0.3, 0.4) is 0 Å². The zero-order chi connectivity index (χ0) is 19.4. The van der Waals surface area contributed by atoms with Crippen LogP contribution in [0.4, 0.5) is 0 Å². The summed E-state index contributed by atoms with van der Waals surface area (Å²) in [5.74, 6) is 0.107. The molecule has 0 unspecified atom stereocenters. The molecule has 0 fully saturated rings. The third kappa shape index (κ3) is 3.95. The number of fused-ring (bicyclic) bond motifs is 1. The number of nitrogens with one attached hydrogen (secondary N) is 2. The van der Waals surface area contributed by atoms with Crippen LogP contribution in [0.15, 0.2) is 48.7 Å². The number of hydrogen-bond donors (Lipinski definition) is 2. The second-order valence-electron chi connectivity index (χ2n) is 6.35. The first-order chi connectivity index (χ1) is 13.0. The summed E-state index contributed by atoms with van der Waals surface area (Å²) in [6, 6.07) is 12.8. The highest BCUT2D eigenvalue weighted by atomic mass is 16.5. The molecule has 0 bridgehead atoms. The highest BCUT2D eigenvalue weighted by Gasteiger charge is 2.21. The fourth-order valence-electron chi connectivity index (χ4n) is 3.08. The van der Waals surface area contributed by atoms with Gasteiger partial charge >= 0.3 is 0 Å². The summed E-state index contributed by atoms with van der Waals surface area (Å²) in [4.78, 5) is 27.9. The largest absolute Gasteiger partial charge is 0.493 e. The second-order valence-corrected chi connectivity index (χ2v) is 6.35. The van der Waals surface area contributed by atoms with Crippen molar-refractivity contribution in [1.29, 1.82) is 0 Å². The van der Waals surface area contributed by atoms with Gasteiger partial charge in [-0.15, -0.1) is 0 Å². The van der Waals surface area contributed by atoms with Crippen LogP contribution in [0.5, 0.6) is 11.5 Å². The minimum atomic E-state index is -0.618. The molecule has 1 aromatic heterocycles.